The number of hydrogen-bond acceptors (Lipinski definition) is 2. The molecule has 0 aromatic carbocycles. The zero-order valence-electron chi connectivity index (χ0n) is 16.0. The maximum Gasteiger partial charge on any atom is 0.194 e. The molecule has 1 aliphatic rings. The number of nitrogens with one attached hydrogen (secondary N) is 1. The molecule has 130 valence electrons. The molecule has 1 saturated heterocycles. The summed E-state index contributed by atoms with van der Waals surface area (Å²) in [7, 11) is 6.19. The highest BCUT2D eigenvalue weighted by atomic mass is 15.4. The normalized spacial score (nSPS) is 20.2. The smallest absolute Gasteiger partial charge is 0.194 e. The molecule has 4 nitrogen and oxygen atoms in total. The van der Waals surface area contributed by atoms with Crippen molar-refractivity contribution >= 4 is 5.96 Å². The summed E-state index contributed by atoms with van der Waals surface area (Å²) in [6, 6.07) is 0. The first-order valence-electron chi connectivity index (χ1n) is 8.85. The molecule has 0 bridgehead atoms. The van der Waals surface area contributed by atoms with Crippen LogP contribution in [0.25, 0.3) is 0 Å². The Bertz CT molecular complexity index is 358. The van der Waals surface area contributed by atoms with Crippen LogP contribution >= 0.6 is 0 Å². The third-order valence-electron chi connectivity index (χ3n) is 5.42. The summed E-state index contributed by atoms with van der Waals surface area (Å²) >= 11 is 0. The van der Waals surface area contributed by atoms with Crippen LogP contribution < -0.4 is 5.32 Å². The van der Waals surface area contributed by atoms with Crippen molar-refractivity contribution in [3.8, 4) is 0 Å². The summed E-state index contributed by atoms with van der Waals surface area (Å²) in [6.45, 7) is 12.6. The molecular weight excluding hydrogens is 272 g/mol. The number of unbranched alkanes of at least 4 members (excludes halogenated alkanes) is 4. The maximum absolute atomic E-state index is 4.46. The van der Waals surface area contributed by atoms with Gasteiger partial charge < -0.3 is 15.1 Å². The second-order valence-electron chi connectivity index (χ2n) is 8.07. The number of rotatable bonds is 8. The second kappa shape index (κ2) is 8.19. The van der Waals surface area contributed by atoms with Gasteiger partial charge in [0.2, 0.25) is 0 Å². The molecular formula is C18H38N4. The van der Waals surface area contributed by atoms with Gasteiger partial charge in [-0.2, -0.15) is 0 Å². The lowest BCUT2D eigenvalue weighted by Gasteiger charge is -2.62. The van der Waals surface area contributed by atoms with Gasteiger partial charge in [0, 0.05) is 31.1 Å². The monoisotopic (exact) mass is 310 g/mol. The van der Waals surface area contributed by atoms with E-state index in [1.807, 2.05) is 7.05 Å². The summed E-state index contributed by atoms with van der Waals surface area (Å²) in [5.74, 6) is 1.07. The molecule has 0 spiro atoms. The Kier molecular flexibility index (Phi) is 7.17. The average Bonchev–Trinajstić information content (AvgIpc) is 2.43. The fourth-order valence-corrected chi connectivity index (χ4v) is 2.98. The molecule has 0 saturated carbocycles. The third kappa shape index (κ3) is 4.87. The lowest BCUT2D eigenvalue weighted by molar-refractivity contribution is -0.0667. The molecule has 1 aliphatic heterocycles. The van der Waals surface area contributed by atoms with E-state index >= 15 is 0 Å². The van der Waals surface area contributed by atoms with Gasteiger partial charge in [0.25, 0.3) is 0 Å². The van der Waals surface area contributed by atoms with Crippen LogP contribution in [0.15, 0.2) is 4.99 Å². The molecule has 0 unspecified atom stereocenters. The van der Waals surface area contributed by atoms with Crippen LogP contribution in [-0.2, 0) is 0 Å². The van der Waals surface area contributed by atoms with Crippen molar-refractivity contribution in [2.45, 2.75) is 65.3 Å². The molecule has 1 N–H and O–H groups in total. The fourth-order valence-electron chi connectivity index (χ4n) is 2.98. The SMILES string of the molecule is CN=C(NCCCCCCCN(C)C)N1CC(C)(C)C1(C)C. The van der Waals surface area contributed by atoms with Gasteiger partial charge in [0.1, 0.15) is 0 Å². The highest BCUT2D eigenvalue weighted by Crippen LogP contribution is 2.46. The first-order valence-corrected chi connectivity index (χ1v) is 8.85. The van der Waals surface area contributed by atoms with E-state index in [4.69, 9.17) is 0 Å². The largest absolute Gasteiger partial charge is 0.356 e. The van der Waals surface area contributed by atoms with Crippen molar-refractivity contribution in [3.05, 3.63) is 0 Å². The number of guanidine groups is 1. The zero-order valence-corrected chi connectivity index (χ0v) is 16.0. The van der Waals surface area contributed by atoms with Crippen molar-refractivity contribution in [3.63, 3.8) is 0 Å². The van der Waals surface area contributed by atoms with Crippen molar-refractivity contribution < 1.29 is 0 Å². The minimum absolute atomic E-state index is 0.182. The van der Waals surface area contributed by atoms with Crippen LogP contribution in [0.5, 0.6) is 0 Å². The molecule has 1 rings (SSSR count). The van der Waals surface area contributed by atoms with E-state index < -0.39 is 0 Å². The minimum atomic E-state index is 0.182. The predicted molar refractivity (Wildman–Crippen MR) is 97.6 cm³/mol. The molecule has 1 heterocycles. The zero-order chi connectivity index (χ0) is 16.8. The summed E-state index contributed by atoms with van der Waals surface area (Å²) in [4.78, 5) is 9.14. The molecule has 1 fully saturated rings. The Morgan fingerprint density at radius 1 is 1.05 bits per heavy atom. The van der Waals surface area contributed by atoms with Gasteiger partial charge in [-0.3, -0.25) is 4.99 Å². The lowest BCUT2D eigenvalue weighted by atomic mass is 9.65. The van der Waals surface area contributed by atoms with Crippen LogP contribution in [0.1, 0.15) is 59.8 Å². The molecule has 4 heteroatoms. The van der Waals surface area contributed by atoms with Gasteiger partial charge in [-0.05, 0) is 47.3 Å². The third-order valence-corrected chi connectivity index (χ3v) is 5.42. The van der Waals surface area contributed by atoms with Crippen molar-refractivity contribution in [2.75, 3.05) is 40.8 Å². The molecule has 0 aromatic rings. The number of aliphatic imine (C=N–C) groups is 1. The van der Waals surface area contributed by atoms with E-state index in [-0.39, 0.29) is 5.54 Å². The Hall–Kier alpha value is -0.770. The van der Waals surface area contributed by atoms with Gasteiger partial charge in [-0.25, -0.2) is 0 Å². The van der Waals surface area contributed by atoms with E-state index in [0.29, 0.717) is 5.41 Å². The first-order chi connectivity index (χ1) is 10.2. The number of nitrogens with zero attached hydrogens (tertiary/aromatic N) is 3. The maximum atomic E-state index is 4.46. The summed E-state index contributed by atoms with van der Waals surface area (Å²) < 4.78 is 0. The van der Waals surface area contributed by atoms with Gasteiger partial charge in [0.15, 0.2) is 5.96 Å². The minimum Gasteiger partial charge on any atom is -0.356 e. The van der Waals surface area contributed by atoms with Crippen LogP contribution in [0, 0.1) is 5.41 Å². The van der Waals surface area contributed by atoms with E-state index in [1.54, 1.807) is 0 Å². The van der Waals surface area contributed by atoms with E-state index in [9.17, 15) is 0 Å². The Labute approximate surface area is 138 Å². The summed E-state index contributed by atoms with van der Waals surface area (Å²) in [5.41, 5.74) is 0.540. The number of hydrogen-bond donors (Lipinski definition) is 1. The Balaban J connectivity index is 2.16. The van der Waals surface area contributed by atoms with E-state index in [0.717, 1.165) is 19.0 Å². The quantitative estimate of drug-likeness (QED) is 0.424. The lowest BCUT2D eigenvalue weighted by Crippen LogP contribution is -2.72. The molecule has 0 amide bonds. The Morgan fingerprint density at radius 2 is 1.64 bits per heavy atom. The summed E-state index contributed by atoms with van der Waals surface area (Å²) in [5, 5.41) is 3.54. The van der Waals surface area contributed by atoms with Gasteiger partial charge in [-0.1, -0.05) is 33.1 Å². The van der Waals surface area contributed by atoms with Crippen LogP contribution in [0.4, 0.5) is 0 Å². The molecule has 0 aliphatic carbocycles. The predicted octanol–water partition coefficient (Wildman–Crippen LogP) is 3.19. The standard InChI is InChI=1S/C18H38N4/c1-17(2)15-22(18(17,3)4)16(19-5)20-13-11-9-8-10-12-14-21(6)7/h8-15H2,1-7H3,(H,19,20). The Morgan fingerprint density at radius 3 is 2.14 bits per heavy atom. The van der Waals surface area contributed by atoms with Crippen molar-refractivity contribution in [1.82, 2.24) is 15.1 Å². The van der Waals surface area contributed by atoms with Crippen LogP contribution in [0.3, 0.4) is 0 Å². The van der Waals surface area contributed by atoms with Crippen molar-refractivity contribution in [1.29, 1.82) is 0 Å². The topological polar surface area (TPSA) is 30.9 Å². The fraction of sp³-hybridized carbons (Fsp3) is 0.944. The van der Waals surface area contributed by atoms with Gasteiger partial charge in [0.05, 0.1) is 0 Å². The average molecular weight is 311 g/mol. The number of likely N-dealkylation sites (tertiary alicyclic amines) is 1. The van der Waals surface area contributed by atoms with Gasteiger partial charge >= 0.3 is 0 Å². The van der Waals surface area contributed by atoms with Crippen LogP contribution in [0.2, 0.25) is 0 Å². The van der Waals surface area contributed by atoms with E-state index in [2.05, 4.69) is 61.9 Å². The van der Waals surface area contributed by atoms with Crippen LogP contribution in [-0.4, -0.2) is 62.1 Å². The van der Waals surface area contributed by atoms with E-state index in [1.165, 1.54) is 38.6 Å². The molecule has 0 aromatic heterocycles. The second-order valence-corrected chi connectivity index (χ2v) is 8.07. The highest BCUT2D eigenvalue weighted by Gasteiger charge is 2.53. The summed E-state index contributed by atoms with van der Waals surface area (Å²) in [6.07, 6.45) is 6.56. The highest BCUT2D eigenvalue weighted by molar-refractivity contribution is 5.81. The molecule has 0 radical (unpaired) electrons. The molecule has 22 heavy (non-hydrogen) atoms. The first kappa shape index (κ1) is 19.3. The molecule has 0 atom stereocenters. The van der Waals surface area contributed by atoms with Gasteiger partial charge in [-0.15, -0.1) is 0 Å². The van der Waals surface area contributed by atoms with Crippen molar-refractivity contribution in [2.24, 2.45) is 10.4 Å².